The van der Waals surface area contributed by atoms with Crippen LogP contribution in [0.5, 0.6) is 0 Å². The van der Waals surface area contributed by atoms with Crippen LogP contribution < -0.4 is 5.73 Å². The Morgan fingerprint density at radius 1 is 1.06 bits per heavy atom. The van der Waals surface area contributed by atoms with Gasteiger partial charge in [-0.15, -0.1) is 0 Å². The molecule has 3 rings (SSSR count). The molecule has 0 amide bonds. The zero-order valence-electron chi connectivity index (χ0n) is 8.96. The standard InChI is InChI=1S/C13H10N2OS/c14-9-4-3-5-10(8-9)17-13-15-11-6-1-2-7-12(11)16-13/h1-8H,14H2. The van der Waals surface area contributed by atoms with Gasteiger partial charge in [0.1, 0.15) is 5.52 Å². The van der Waals surface area contributed by atoms with Crippen LogP contribution in [0.1, 0.15) is 0 Å². The first-order valence-corrected chi connectivity index (χ1v) is 6.02. The van der Waals surface area contributed by atoms with Gasteiger partial charge in [-0.3, -0.25) is 0 Å². The van der Waals surface area contributed by atoms with Crippen LogP contribution in [0, 0.1) is 0 Å². The lowest BCUT2D eigenvalue weighted by Gasteiger charge is -1.97. The summed E-state index contributed by atoms with van der Waals surface area (Å²) < 4.78 is 5.62. The van der Waals surface area contributed by atoms with Gasteiger partial charge in [0.15, 0.2) is 5.58 Å². The number of hydrogen-bond donors (Lipinski definition) is 1. The third kappa shape index (κ3) is 2.12. The maximum atomic E-state index is 5.72. The number of hydrogen-bond acceptors (Lipinski definition) is 4. The van der Waals surface area contributed by atoms with Gasteiger partial charge in [-0.1, -0.05) is 18.2 Å². The molecule has 0 bridgehead atoms. The van der Waals surface area contributed by atoms with Gasteiger partial charge >= 0.3 is 0 Å². The molecule has 1 heterocycles. The Morgan fingerprint density at radius 2 is 1.94 bits per heavy atom. The number of oxazole rings is 1. The molecule has 0 radical (unpaired) electrons. The van der Waals surface area contributed by atoms with Crippen molar-refractivity contribution in [2.75, 3.05) is 5.73 Å². The number of nitrogen functional groups attached to an aromatic ring is 1. The number of benzene rings is 2. The lowest BCUT2D eigenvalue weighted by atomic mass is 10.3. The predicted molar refractivity (Wildman–Crippen MR) is 69.0 cm³/mol. The Labute approximate surface area is 103 Å². The van der Waals surface area contributed by atoms with E-state index in [-0.39, 0.29) is 0 Å². The molecule has 3 aromatic rings. The maximum Gasteiger partial charge on any atom is 0.261 e. The highest BCUT2D eigenvalue weighted by Crippen LogP contribution is 2.30. The molecular formula is C13H10N2OS. The first kappa shape index (κ1) is 10.2. The Kier molecular flexibility index (Phi) is 2.49. The third-order valence-electron chi connectivity index (χ3n) is 2.34. The summed E-state index contributed by atoms with van der Waals surface area (Å²) in [6.45, 7) is 0. The van der Waals surface area contributed by atoms with E-state index in [0.29, 0.717) is 5.22 Å². The number of anilines is 1. The van der Waals surface area contributed by atoms with Crippen LogP contribution in [0.15, 0.2) is 63.1 Å². The summed E-state index contributed by atoms with van der Waals surface area (Å²) in [7, 11) is 0. The molecule has 0 fully saturated rings. The number of nitrogens with two attached hydrogens (primary N) is 1. The molecule has 84 valence electrons. The van der Waals surface area contributed by atoms with Crippen molar-refractivity contribution in [1.29, 1.82) is 0 Å². The van der Waals surface area contributed by atoms with E-state index in [9.17, 15) is 0 Å². The average molecular weight is 242 g/mol. The fraction of sp³-hybridized carbons (Fsp3) is 0. The summed E-state index contributed by atoms with van der Waals surface area (Å²) in [4.78, 5) is 5.42. The quantitative estimate of drug-likeness (QED) is 0.698. The van der Waals surface area contributed by atoms with E-state index in [1.54, 1.807) is 0 Å². The summed E-state index contributed by atoms with van der Waals surface area (Å²) >= 11 is 1.47. The van der Waals surface area contributed by atoms with Crippen molar-refractivity contribution in [3.05, 3.63) is 48.5 Å². The molecule has 2 aromatic carbocycles. The highest BCUT2D eigenvalue weighted by Gasteiger charge is 2.06. The van der Waals surface area contributed by atoms with Gasteiger partial charge in [-0.25, -0.2) is 4.98 Å². The van der Waals surface area contributed by atoms with Crippen LogP contribution in [0.2, 0.25) is 0 Å². The van der Waals surface area contributed by atoms with Gasteiger partial charge in [0, 0.05) is 10.6 Å². The highest BCUT2D eigenvalue weighted by atomic mass is 32.2. The molecule has 0 unspecified atom stereocenters. The van der Waals surface area contributed by atoms with E-state index in [4.69, 9.17) is 10.2 Å². The van der Waals surface area contributed by atoms with Crippen LogP contribution in [-0.4, -0.2) is 4.98 Å². The van der Waals surface area contributed by atoms with Crippen LogP contribution in [-0.2, 0) is 0 Å². The van der Waals surface area contributed by atoms with Crippen LogP contribution in [0.25, 0.3) is 11.1 Å². The molecule has 1 aromatic heterocycles. The second-order valence-corrected chi connectivity index (χ2v) is 4.65. The van der Waals surface area contributed by atoms with Gasteiger partial charge in [0.2, 0.25) is 0 Å². The van der Waals surface area contributed by atoms with Crippen molar-refractivity contribution in [3.8, 4) is 0 Å². The molecule has 0 spiro atoms. The monoisotopic (exact) mass is 242 g/mol. The van der Waals surface area contributed by atoms with Crippen molar-refractivity contribution in [1.82, 2.24) is 4.98 Å². The van der Waals surface area contributed by atoms with Crippen molar-refractivity contribution in [3.63, 3.8) is 0 Å². The largest absolute Gasteiger partial charge is 0.431 e. The van der Waals surface area contributed by atoms with E-state index in [1.165, 1.54) is 11.8 Å². The number of nitrogens with zero attached hydrogens (tertiary/aromatic N) is 1. The fourth-order valence-electron chi connectivity index (χ4n) is 1.57. The molecule has 4 heteroatoms. The molecule has 17 heavy (non-hydrogen) atoms. The Morgan fingerprint density at radius 3 is 2.76 bits per heavy atom. The SMILES string of the molecule is Nc1cccc(Sc2nc3ccccc3o2)c1. The Bertz CT molecular complexity index is 630. The topological polar surface area (TPSA) is 52.0 Å². The zero-order chi connectivity index (χ0) is 11.7. The zero-order valence-corrected chi connectivity index (χ0v) is 9.78. The first-order valence-electron chi connectivity index (χ1n) is 5.20. The molecule has 2 N–H and O–H groups in total. The van der Waals surface area contributed by atoms with Gasteiger partial charge in [-0.05, 0) is 42.1 Å². The van der Waals surface area contributed by atoms with Crippen molar-refractivity contribution in [2.24, 2.45) is 0 Å². The second kappa shape index (κ2) is 4.14. The first-order chi connectivity index (χ1) is 8.31. The predicted octanol–water partition coefficient (Wildman–Crippen LogP) is 3.56. The van der Waals surface area contributed by atoms with Crippen molar-refractivity contribution in [2.45, 2.75) is 10.1 Å². The second-order valence-electron chi connectivity index (χ2n) is 3.62. The molecule has 0 aliphatic carbocycles. The average Bonchev–Trinajstić information content (AvgIpc) is 2.71. The Hall–Kier alpha value is -1.94. The molecule has 3 nitrogen and oxygen atoms in total. The number of fused-ring (bicyclic) bond motifs is 1. The van der Waals surface area contributed by atoms with Gasteiger partial charge < -0.3 is 10.2 Å². The van der Waals surface area contributed by atoms with E-state index in [2.05, 4.69) is 4.98 Å². The smallest absolute Gasteiger partial charge is 0.261 e. The molecular weight excluding hydrogens is 232 g/mol. The molecule has 0 saturated carbocycles. The number of aromatic nitrogens is 1. The van der Waals surface area contributed by atoms with E-state index >= 15 is 0 Å². The van der Waals surface area contributed by atoms with Crippen LogP contribution >= 0.6 is 11.8 Å². The van der Waals surface area contributed by atoms with E-state index < -0.39 is 0 Å². The third-order valence-corrected chi connectivity index (χ3v) is 3.18. The van der Waals surface area contributed by atoms with E-state index in [0.717, 1.165) is 21.7 Å². The minimum absolute atomic E-state index is 0.636. The fourth-order valence-corrected chi connectivity index (χ4v) is 2.39. The normalized spacial score (nSPS) is 10.8. The molecule has 0 aliphatic rings. The lowest BCUT2D eigenvalue weighted by molar-refractivity contribution is 0.489. The highest BCUT2D eigenvalue weighted by molar-refractivity contribution is 7.99. The molecule has 0 atom stereocenters. The van der Waals surface area contributed by atoms with Crippen molar-refractivity contribution < 1.29 is 4.42 Å². The minimum atomic E-state index is 0.636. The number of rotatable bonds is 2. The lowest BCUT2D eigenvalue weighted by Crippen LogP contribution is -1.83. The Balaban J connectivity index is 1.94. The summed E-state index contributed by atoms with van der Waals surface area (Å²) in [5.74, 6) is 0. The minimum Gasteiger partial charge on any atom is -0.431 e. The van der Waals surface area contributed by atoms with Crippen LogP contribution in [0.3, 0.4) is 0 Å². The molecule has 0 saturated heterocycles. The number of para-hydroxylation sites is 2. The van der Waals surface area contributed by atoms with E-state index in [1.807, 2.05) is 48.5 Å². The summed E-state index contributed by atoms with van der Waals surface area (Å²) in [5.41, 5.74) is 8.14. The van der Waals surface area contributed by atoms with Gasteiger partial charge in [0.25, 0.3) is 5.22 Å². The van der Waals surface area contributed by atoms with Gasteiger partial charge in [-0.2, -0.15) is 0 Å². The maximum absolute atomic E-state index is 5.72. The summed E-state index contributed by atoms with van der Waals surface area (Å²) in [5, 5.41) is 0.636. The summed E-state index contributed by atoms with van der Waals surface area (Å²) in [6.07, 6.45) is 0. The van der Waals surface area contributed by atoms with Crippen LogP contribution in [0.4, 0.5) is 5.69 Å². The summed E-state index contributed by atoms with van der Waals surface area (Å²) in [6, 6.07) is 15.4. The molecule has 0 aliphatic heterocycles. The van der Waals surface area contributed by atoms with Crippen molar-refractivity contribution >= 4 is 28.5 Å². The van der Waals surface area contributed by atoms with Gasteiger partial charge in [0.05, 0.1) is 0 Å².